The number of hydrogen-bond donors (Lipinski definition) is 0. The first-order valence-corrected chi connectivity index (χ1v) is 11.5. The van der Waals surface area contributed by atoms with Gasteiger partial charge in [-0.2, -0.15) is 0 Å². The number of carbonyl (C=O) groups excluding carboxylic acids is 2. The van der Waals surface area contributed by atoms with Crippen molar-refractivity contribution in [3.63, 3.8) is 0 Å². The Kier molecular flexibility index (Phi) is 5.47. The lowest BCUT2D eigenvalue weighted by molar-refractivity contribution is -0.120. The fourth-order valence-electron chi connectivity index (χ4n) is 4.84. The summed E-state index contributed by atoms with van der Waals surface area (Å²) in [6, 6.07) is 15.8. The smallest absolute Gasteiger partial charge is 0.282 e. The molecule has 0 aromatic heterocycles. The second-order valence-electron chi connectivity index (χ2n) is 9.04. The van der Waals surface area contributed by atoms with E-state index in [9.17, 15) is 9.59 Å². The van der Waals surface area contributed by atoms with E-state index in [2.05, 4.69) is 21.7 Å². The van der Waals surface area contributed by atoms with Gasteiger partial charge in [0.15, 0.2) is 0 Å². The van der Waals surface area contributed by atoms with Crippen LogP contribution in [-0.2, 0) is 9.59 Å². The van der Waals surface area contributed by atoms with Crippen molar-refractivity contribution >= 4 is 28.8 Å². The Morgan fingerprint density at radius 2 is 1.25 bits per heavy atom. The maximum atomic E-state index is 13.7. The first kappa shape index (κ1) is 20.8. The normalized spacial score (nSPS) is 20.1. The van der Waals surface area contributed by atoms with Gasteiger partial charge in [0.1, 0.15) is 5.70 Å². The molecule has 0 bridgehead atoms. The van der Waals surface area contributed by atoms with Crippen LogP contribution in [0.5, 0.6) is 0 Å². The number of aryl methyl sites for hydroxylation is 1. The van der Waals surface area contributed by atoms with Gasteiger partial charge in [0, 0.05) is 45.0 Å². The van der Waals surface area contributed by atoms with Crippen molar-refractivity contribution in [3.05, 3.63) is 65.4 Å². The van der Waals surface area contributed by atoms with Crippen molar-refractivity contribution in [3.8, 4) is 0 Å². The fourth-order valence-corrected chi connectivity index (χ4v) is 4.84. The summed E-state index contributed by atoms with van der Waals surface area (Å²) in [6.07, 6.45) is 2.42. The summed E-state index contributed by atoms with van der Waals surface area (Å²) in [7, 11) is 2.09. The molecule has 0 radical (unpaired) electrons. The SMILES string of the molecule is Cc1ccc(C2=C(N3CCN(C)CC3)C(=O)N(c3ccc(N4CCCC4)cc3)C2=O)cc1. The lowest BCUT2D eigenvalue weighted by Gasteiger charge is -2.34. The molecule has 0 N–H and O–H groups in total. The Labute approximate surface area is 189 Å². The van der Waals surface area contributed by atoms with Gasteiger partial charge in [0.2, 0.25) is 0 Å². The number of amides is 2. The van der Waals surface area contributed by atoms with E-state index in [0.29, 0.717) is 17.0 Å². The second kappa shape index (κ2) is 8.43. The standard InChI is InChI=1S/C26H30N4O2/c1-19-5-7-20(8-6-19)23-24(29-17-15-27(2)16-18-29)26(32)30(25(23)31)22-11-9-21(10-12-22)28-13-3-4-14-28/h5-12H,3-4,13-18H2,1-2H3. The van der Waals surface area contributed by atoms with Gasteiger partial charge in [-0.1, -0.05) is 29.8 Å². The molecule has 6 nitrogen and oxygen atoms in total. The van der Waals surface area contributed by atoms with Crippen LogP contribution in [0.3, 0.4) is 0 Å². The number of hydrogen-bond acceptors (Lipinski definition) is 5. The number of benzene rings is 2. The Morgan fingerprint density at radius 3 is 1.88 bits per heavy atom. The molecule has 0 aliphatic carbocycles. The average Bonchev–Trinajstić information content (AvgIpc) is 3.42. The summed E-state index contributed by atoms with van der Waals surface area (Å²) in [5, 5.41) is 0. The highest BCUT2D eigenvalue weighted by atomic mass is 16.2. The molecule has 0 spiro atoms. The molecule has 3 aliphatic rings. The summed E-state index contributed by atoms with van der Waals surface area (Å²) < 4.78 is 0. The lowest BCUT2D eigenvalue weighted by Crippen LogP contribution is -2.46. The van der Waals surface area contributed by atoms with Gasteiger partial charge in [-0.15, -0.1) is 0 Å². The quantitative estimate of drug-likeness (QED) is 0.698. The number of anilines is 2. The van der Waals surface area contributed by atoms with Gasteiger partial charge in [-0.05, 0) is 56.6 Å². The van der Waals surface area contributed by atoms with Gasteiger partial charge in [-0.3, -0.25) is 9.59 Å². The van der Waals surface area contributed by atoms with Crippen molar-refractivity contribution in [1.82, 2.24) is 9.80 Å². The Bertz CT molecular complexity index is 1040. The molecule has 0 saturated carbocycles. The van der Waals surface area contributed by atoms with Crippen molar-refractivity contribution < 1.29 is 9.59 Å². The fraction of sp³-hybridized carbons (Fsp3) is 0.385. The van der Waals surface area contributed by atoms with Crippen molar-refractivity contribution in [2.75, 3.05) is 56.1 Å². The zero-order valence-corrected chi connectivity index (χ0v) is 18.9. The van der Waals surface area contributed by atoms with Crippen LogP contribution >= 0.6 is 0 Å². The van der Waals surface area contributed by atoms with E-state index in [1.807, 2.05) is 55.5 Å². The van der Waals surface area contributed by atoms with Crippen LogP contribution in [0.4, 0.5) is 11.4 Å². The molecule has 3 aliphatic heterocycles. The maximum absolute atomic E-state index is 13.7. The molecule has 0 atom stereocenters. The third kappa shape index (κ3) is 3.69. The average molecular weight is 431 g/mol. The molecule has 166 valence electrons. The maximum Gasteiger partial charge on any atom is 0.282 e. The molecule has 2 fully saturated rings. The predicted octanol–water partition coefficient (Wildman–Crippen LogP) is 3.13. The second-order valence-corrected chi connectivity index (χ2v) is 9.04. The molecule has 2 aromatic carbocycles. The van der Waals surface area contributed by atoms with E-state index in [1.54, 1.807) is 0 Å². The van der Waals surface area contributed by atoms with Crippen LogP contribution in [0.2, 0.25) is 0 Å². The van der Waals surface area contributed by atoms with Crippen molar-refractivity contribution in [2.45, 2.75) is 19.8 Å². The number of piperazine rings is 1. The zero-order valence-electron chi connectivity index (χ0n) is 18.9. The molecule has 32 heavy (non-hydrogen) atoms. The summed E-state index contributed by atoms with van der Waals surface area (Å²) >= 11 is 0. The highest BCUT2D eigenvalue weighted by molar-refractivity contribution is 6.45. The Hall–Kier alpha value is -3.12. The number of imide groups is 1. The van der Waals surface area contributed by atoms with Gasteiger partial charge in [0.05, 0.1) is 11.3 Å². The zero-order chi connectivity index (χ0) is 22.2. The third-order valence-electron chi connectivity index (χ3n) is 6.80. The van der Waals surface area contributed by atoms with Crippen LogP contribution in [0.25, 0.3) is 5.57 Å². The van der Waals surface area contributed by atoms with Crippen LogP contribution in [0.15, 0.2) is 54.2 Å². The lowest BCUT2D eigenvalue weighted by atomic mass is 10.0. The highest BCUT2D eigenvalue weighted by Crippen LogP contribution is 2.36. The van der Waals surface area contributed by atoms with E-state index in [0.717, 1.165) is 56.1 Å². The molecule has 5 rings (SSSR count). The molecular formula is C26H30N4O2. The van der Waals surface area contributed by atoms with Crippen molar-refractivity contribution in [1.29, 1.82) is 0 Å². The first-order valence-electron chi connectivity index (χ1n) is 11.5. The number of nitrogens with zero attached hydrogens (tertiary/aromatic N) is 4. The third-order valence-corrected chi connectivity index (χ3v) is 6.80. The Morgan fingerprint density at radius 1 is 0.656 bits per heavy atom. The van der Waals surface area contributed by atoms with Gasteiger partial charge in [-0.25, -0.2) is 4.90 Å². The first-order chi connectivity index (χ1) is 15.5. The van der Waals surface area contributed by atoms with Gasteiger partial charge < -0.3 is 14.7 Å². The molecule has 2 saturated heterocycles. The minimum atomic E-state index is -0.235. The molecule has 6 heteroatoms. The summed E-state index contributed by atoms with van der Waals surface area (Å²) in [6.45, 7) is 7.37. The van der Waals surface area contributed by atoms with E-state index in [4.69, 9.17) is 0 Å². The largest absolute Gasteiger partial charge is 0.372 e. The number of likely N-dealkylation sites (N-methyl/N-ethyl adjacent to an activating group) is 1. The molecular weight excluding hydrogens is 400 g/mol. The topological polar surface area (TPSA) is 47.1 Å². The van der Waals surface area contributed by atoms with Gasteiger partial charge in [0.25, 0.3) is 11.8 Å². The van der Waals surface area contributed by atoms with E-state index >= 15 is 0 Å². The van der Waals surface area contributed by atoms with E-state index < -0.39 is 0 Å². The molecule has 2 aromatic rings. The highest BCUT2D eigenvalue weighted by Gasteiger charge is 2.42. The van der Waals surface area contributed by atoms with Gasteiger partial charge >= 0.3 is 0 Å². The summed E-state index contributed by atoms with van der Waals surface area (Å²) in [5.41, 5.74) is 4.77. The van der Waals surface area contributed by atoms with E-state index in [1.165, 1.54) is 17.7 Å². The van der Waals surface area contributed by atoms with Crippen LogP contribution in [0.1, 0.15) is 24.0 Å². The summed E-state index contributed by atoms with van der Waals surface area (Å²) in [5.74, 6) is -0.453. The molecule has 3 heterocycles. The number of rotatable bonds is 4. The monoisotopic (exact) mass is 430 g/mol. The van der Waals surface area contributed by atoms with Crippen LogP contribution in [-0.4, -0.2) is 67.9 Å². The van der Waals surface area contributed by atoms with Crippen LogP contribution < -0.4 is 9.80 Å². The minimum absolute atomic E-state index is 0.218. The molecule has 2 amide bonds. The van der Waals surface area contributed by atoms with E-state index in [-0.39, 0.29) is 11.8 Å². The number of carbonyl (C=O) groups is 2. The van der Waals surface area contributed by atoms with Crippen LogP contribution in [0, 0.1) is 6.92 Å². The predicted molar refractivity (Wildman–Crippen MR) is 128 cm³/mol. The molecule has 0 unspecified atom stereocenters. The Balaban J connectivity index is 1.50. The summed E-state index contributed by atoms with van der Waals surface area (Å²) in [4.78, 5) is 35.4. The minimum Gasteiger partial charge on any atom is -0.372 e. The van der Waals surface area contributed by atoms with Crippen molar-refractivity contribution in [2.24, 2.45) is 0 Å².